The molecule has 7 nitrogen and oxygen atoms in total. The predicted molar refractivity (Wildman–Crippen MR) is 98.6 cm³/mol. The Kier molecular flexibility index (Phi) is 6.35. The van der Waals surface area contributed by atoms with Gasteiger partial charge in [0.15, 0.2) is 0 Å². The zero-order chi connectivity index (χ0) is 19.2. The van der Waals surface area contributed by atoms with Gasteiger partial charge in [-0.25, -0.2) is 13.2 Å². The van der Waals surface area contributed by atoms with Crippen LogP contribution in [0.15, 0.2) is 53.4 Å². The van der Waals surface area contributed by atoms with Crippen LogP contribution in [0.3, 0.4) is 0 Å². The number of anilines is 2. The van der Waals surface area contributed by atoms with Gasteiger partial charge in [-0.05, 0) is 55.0 Å². The molecule has 0 heterocycles. The van der Waals surface area contributed by atoms with Gasteiger partial charge in [0.2, 0.25) is 5.91 Å². The third-order valence-electron chi connectivity index (χ3n) is 3.30. The van der Waals surface area contributed by atoms with E-state index in [0.29, 0.717) is 23.5 Å². The van der Waals surface area contributed by atoms with Crippen molar-refractivity contribution < 1.29 is 22.7 Å². The fourth-order valence-electron chi connectivity index (χ4n) is 2.09. The molecule has 26 heavy (non-hydrogen) atoms. The lowest BCUT2D eigenvalue weighted by atomic mass is 10.2. The smallest absolute Gasteiger partial charge is 0.338 e. The number of hydrogen-bond donors (Lipinski definition) is 2. The maximum absolute atomic E-state index is 12.4. The third-order valence-corrected chi connectivity index (χ3v) is 4.69. The maximum Gasteiger partial charge on any atom is 0.338 e. The van der Waals surface area contributed by atoms with Crippen molar-refractivity contribution in [2.75, 3.05) is 16.6 Å². The van der Waals surface area contributed by atoms with Gasteiger partial charge in [0, 0.05) is 18.3 Å². The van der Waals surface area contributed by atoms with E-state index >= 15 is 0 Å². The molecule has 2 aromatic carbocycles. The van der Waals surface area contributed by atoms with Gasteiger partial charge in [0.25, 0.3) is 10.0 Å². The molecular formula is C18H20N2O5S. The fraction of sp³-hybridized carbons (Fsp3) is 0.222. The molecule has 0 aliphatic rings. The van der Waals surface area contributed by atoms with Gasteiger partial charge in [-0.3, -0.25) is 9.52 Å². The minimum Gasteiger partial charge on any atom is -0.462 e. The molecule has 2 rings (SSSR count). The average molecular weight is 376 g/mol. The second-order valence-corrected chi connectivity index (χ2v) is 7.21. The molecule has 0 fully saturated rings. The Morgan fingerprint density at radius 1 is 0.962 bits per heavy atom. The molecule has 0 radical (unpaired) electrons. The second-order valence-electron chi connectivity index (χ2n) is 5.52. The van der Waals surface area contributed by atoms with Crippen LogP contribution in [0, 0.1) is 0 Å². The molecule has 0 unspecified atom stereocenters. The molecule has 2 N–H and O–H groups in total. The van der Waals surface area contributed by atoms with Crippen molar-refractivity contribution in [3.8, 4) is 0 Å². The molecule has 1 amide bonds. The standard InChI is InChI=1S/C18H20N2O5S/c1-3-12-25-18(22)14-4-6-16(7-5-14)20-26(23,24)17-10-8-15(9-11-17)19-13(2)21/h4-11,20H,3,12H2,1-2H3,(H,19,21). The topological polar surface area (TPSA) is 102 Å². The number of nitrogens with one attached hydrogen (secondary N) is 2. The van der Waals surface area contributed by atoms with Crippen molar-refractivity contribution in [1.82, 2.24) is 0 Å². The third kappa shape index (κ3) is 5.32. The zero-order valence-corrected chi connectivity index (χ0v) is 15.3. The number of carbonyl (C=O) groups excluding carboxylic acids is 2. The van der Waals surface area contributed by atoms with Crippen LogP contribution in [-0.2, 0) is 19.6 Å². The first kappa shape index (κ1) is 19.5. The molecule has 0 spiro atoms. The van der Waals surface area contributed by atoms with Gasteiger partial charge in [-0.2, -0.15) is 0 Å². The zero-order valence-electron chi connectivity index (χ0n) is 14.5. The minimum absolute atomic E-state index is 0.0537. The molecule has 138 valence electrons. The summed E-state index contributed by atoms with van der Waals surface area (Å²) in [4.78, 5) is 22.8. The van der Waals surface area contributed by atoms with Crippen molar-refractivity contribution in [2.45, 2.75) is 25.2 Å². The van der Waals surface area contributed by atoms with Crippen LogP contribution < -0.4 is 10.0 Å². The Hall–Kier alpha value is -2.87. The molecule has 0 atom stereocenters. The molecule has 0 aliphatic heterocycles. The van der Waals surface area contributed by atoms with Crippen LogP contribution in [0.4, 0.5) is 11.4 Å². The normalized spacial score (nSPS) is 10.8. The largest absolute Gasteiger partial charge is 0.462 e. The van der Waals surface area contributed by atoms with Crippen LogP contribution in [0.2, 0.25) is 0 Å². The van der Waals surface area contributed by atoms with E-state index in [0.717, 1.165) is 6.42 Å². The SMILES string of the molecule is CCCOC(=O)c1ccc(NS(=O)(=O)c2ccc(NC(C)=O)cc2)cc1. The number of sulfonamides is 1. The van der Waals surface area contributed by atoms with Crippen molar-refractivity contribution in [3.63, 3.8) is 0 Å². The predicted octanol–water partition coefficient (Wildman–Crippen LogP) is 3.01. The summed E-state index contributed by atoms with van der Waals surface area (Å²) in [6.07, 6.45) is 0.727. The minimum atomic E-state index is -3.78. The number of benzene rings is 2. The highest BCUT2D eigenvalue weighted by Crippen LogP contribution is 2.19. The van der Waals surface area contributed by atoms with Crippen molar-refractivity contribution in [3.05, 3.63) is 54.1 Å². The van der Waals surface area contributed by atoms with Gasteiger partial charge < -0.3 is 10.1 Å². The van der Waals surface area contributed by atoms with Gasteiger partial charge in [0.1, 0.15) is 0 Å². The Morgan fingerprint density at radius 2 is 1.54 bits per heavy atom. The summed E-state index contributed by atoms with van der Waals surface area (Å²) in [5, 5.41) is 2.57. The van der Waals surface area contributed by atoms with Crippen LogP contribution in [0.1, 0.15) is 30.6 Å². The van der Waals surface area contributed by atoms with Crippen LogP contribution >= 0.6 is 0 Å². The maximum atomic E-state index is 12.4. The number of ether oxygens (including phenoxy) is 1. The molecule has 0 saturated heterocycles. The Labute approximate surface area is 152 Å². The summed E-state index contributed by atoms with van der Waals surface area (Å²) in [7, 11) is -3.78. The van der Waals surface area contributed by atoms with E-state index in [1.54, 1.807) is 0 Å². The van der Waals surface area contributed by atoms with E-state index in [1.165, 1.54) is 55.5 Å². The summed E-state index contributed by atoms with van der Waals surface area (Å²) >= 11 is 0. The highest BCUT2D eigenvalue weighted by atomic mass is 32.2. The van der Waals surface area contributed by atoms with Crippen LogP contribution in [-0.4, -0.2) is 26.9 Å². The first-order chi connectivity index (χ1) is 12.3. The summed E-state index contributed by atoms with van der Waals surface area (Å²) in [6.45, 7) is 3.60. The molecule has 8 heteroatoms. The summed E-state index contributed by atoms with van der Waals surface area (Å²) in [5.41, 5.74) is 1.18. The van der Waals surface area contributed by atoms with Gasteiger partial charge in [-0.15, -0.1) is 0 Å². The molecule has 0 aromatic heterocycles. The summed E-state index contributed by atoms with van der Waals surface area (Å²) < 4.78 is 32.3. The fourth-order valence-corrected chi connectivity index (χ4v) is 3.15. The lowest BCUT2D eigenvalue weighted by molar-refractivity contribution is -0.114. The van der Waals surface area contributed by atoms with Crippen molar-refractivity contribution in [2.24, 2.45) is 0 Å². The number of rotatable bonds is 7. The Bertz CT molecular complexity index is 875. The van der Waals surface area contributed by atoms with E-state index < -0.39 is 16.0 Å². The molecule has 2 aromatic rings. The van der Waals surface area contributed by atoms with E-state index in [2.05, 4.69) is 10.0 Å². The van der Waals surface area contributed by atoms with E-state index in [9.17, 15) is 18.0 Å². The number of amides is 1. The van der Waals surface area contributed by atoms with Crippen molar-refractivity contribution >= 4 is 33.3 Å². The summed E-state index contributed by atoms with van der Waals surface area (Å²) in [6, 6.07) is 11.8. The van der Waals surface area contributed by atoms with E-state index in [1.807, 2.05) is 6.92 Å². The monoisotopic (exact) mass is 376 g/mol. The van der Waals surface area contributed by atoms with Gasteiger partial charge in [-0.1, -0.05) is 6.92 Å². The van der Waals surface area contributed by atoms with E-state index in [4.69, 9.17) is 4.74 Å². The number of esters is 1. The quantitative estimate of drug-likeness (QED) is 0.723. The first-order valence-corrected chi connectivity index (χ1v) is 9.48. The van der Waals surface area contributed by atoms with E-state index in [-0.39, 0.29) is 10.8 Å². The number of hydrogen-bond acceptors (Lipinski definition) is 5. The lowest BCUT2D eigenvalue weighted by Gasteiger charge is -2.10. The van der Waals surface area contributed by atoms with Gasteiger partial charge >= 0.3 is 5.97 Å². The second kappa shape index (κ2) is 8.48. The van der Waals surface area contributed by atoms with Gasteiger partial charge in [0.05, 0.1) is 17.1 Å². The molecule has 0 aliphatic carbocycles. The highest BCUT2D eigenvalue weighted by molar-refractivity contribution is 7.92. The molecular weight excluding hydrogens is 356 g/mol. The van der Waals surface area contributed by atoms with Crippen molar-refractivity contribution in [1.29, 1.82) is 0 Å². The average Bonchev–Trinajstić information content (AvgIpc) is 2.60. The Morgan fingerprint density at radius 3 is 2.08 bits per heavy atom. The Balaban J connectivity index is 2.09. The van der Waals surface area contributed by atoms with Crippen LogP contribution in [0.5, 0.6) is 0 Å². The number of carbonyl (C=O) groups is 2. The first-order valence-electron chi connectivity index (χ1n) is 7.99. The summed E-state index contributed by atoms with van der Waals surface area (Å²) in [5.74, 6) is -0.689. The lowest BCUT2D eigenvalue weighted by Crippen LogP contribution is -2.13. The molecule has 0 saturated carbocycles. The highest BCUT2D eigenvalue weighted by Gasteiger charge is 2.15. The molecule has 0 bridgehead atoms. The van der Waals surface area contributed by atoms with Crippen LogP contribution in [0.25, 0.3) is 0 Å².